The number of nitrogens with two attached hydrogens (primary N) is 1. The lowest BCUT2D eigenvalue weighted by Gasteiger charge is -2.35. The predicted octanol–water partition coefficient (Wildman–Crippen LogP) is 0.255. The van der Waals surface area contributed by atoms with Gasteiger partial charge < -0.3 is 10.8 Å². The van der Waals surface area contributed by atoms with Gasteiger partial charge in [0.15, 0.2) is 0 Å². The Kier molecular flexibility index (Phi) is 3.39. The second-order valence-electron chi connectivity index (χ2n) is 6.74. The van der Waals surface area contributed by atoms with E-state index in [1.54, 1.807) is 0 Å². The van der Waals surface area contributed by atoms with Gasteiger partial charge in [-0.15, -0.1) is 0 Å². The molecule has 2 saturated heterocycles. The molecule has 3 rings (SSSR count). The third-order valence-electron chi connectivity index (χ3n) is 5.44. The molecular weight excluding hydrogens is 226 g/mol. The predicted molar refractivity (Wildman–Crippen MR) is 72.4 cm³/mol. The Labute approximate surface area is 110 Å². The maximum absolute atomic E-state index is 9.62. The summed E-state index contributed by atoms with van der Waals surface area (Å²) in [7, 11) is 2.27. The van der Waals surface area contributed by atoms with Gasteiger partial charge in [-0.25, -0.2) is 0 Å². The fourth-order valence-corrected chi connectivity index (χ4v) is 3.91. The zero-order valence-corrected chi connectivity index (χ0v) is 11.5. The van der Waals surface area contributed by atoms with Gasteiger partial charge >= 0.3 is 0 Å². The Morgan fingerprint density at radius 2 is 1.89 bits per heavy atom. The molecule has 0 amide bonds. The van der Waals surface area contributed by atoms with E-state index in [9.17, 15) is 5.11 Å². The minimum Gasteiger partial charge on any atom is -0.394 e. The van der Waals surface area contributed by atoms with Gasteiger partial charge in [-0.1, -0.05) is 0 Å². The number of hydrogen-bond donors (Lipinski definition) is 2. The van der Waals surface area contributed by atoms with E-state index < -0.39 is 0 Å². The van der Waals surface area contributed by atoms with Crippen LogP contribution in [0.4, 0.5) is 0 Å². The van der Waals surface area contributed by atoms with Crippen molar-refractivity contribution in [1.82, 2.24) is 9.80 Å². The molecule has 4 nitrogen and oxygen atoms in total. The molecule has 3 N–H and O–H groups in total. The molecule has 104 valence electrons. The minimum absolute atomic E-state index is 0.137. The SMILES string of the molecule is CN1C2CCC1CN(CC(N)(CO)C1CC1)CC2. The van der Waals surface area contributed by atoms with Crippen LogP contribution in [0.1, 0.15) is 32.1 Å². The summed E-state index contributed by atoms with van der Waals surface area (Å²) >= 11 is 0. The van der Waals surface area contributed by atoms with Crippen LogP contribution in [0.15, 0.2) is 0 Å². The maximum Gasteiger partial charge on any atom is 0.0626 e. The molecule has 1 saturated carbocycles. The van der Waals surface area contributed by atoms with E-state index in [2.05, 4.69) is 16.8 Å². The summed E-state index contributed by atoms with van der Waals surface area (Å²) in [6.07, 6.45) is 6.37. The van der Waals surface area contributed by atoms with Gasteiger partial charge in [0, 0.05) is 25.2 Å². The summed E-state index contributed by atoms with van der Waals surface area (Å²) in [5.41, 5.74) is 6.07. The Bertz CT molecular complexity index is 307. The van der Waals surface area contributed by atoms with Crippen molar-refractivity contribution in [3.63, 3.8) is 0 Å². The molecule has 0 aromatic rings. The summed E-state index contributed by atoms with van der Waals surface area (Å²) in [6.45, 7) is 3.30. The Balaban J connectivity index is 1.63. The van der Waals surface area contributed by atoms with Gasteiger partial charge in [0.1, 0.15) is 0 Å². The van der Waals surface area contributed by atoms with Crippen LogP contribution in [-0.4, -0.2) is 65.8 Å². The number of rotatable bonds is 4. The van der Waals surface area contributed by atoms with Crippen LogP contribution in [0.5, 0.6) is 0 Å². The van der Waals surface area contributed by atoms with E-state index in [0.717, 1.165) is 25.7 Å². The highest BCUT2D eigenvalue weighted by Gasteiger charge is 2.44. The summed E-state index contributed by atoms with van der Waals surface area (Å²) < 4.78 is 0. The van der Waals surface area contributed by atoms with Gasteiger partial charge in [0.25, 0.3) is 0 Å². The lowest BCUT2D eigenvalue weighted by Crippen LogP contribution is -2.56. The van der Waals surface area contributed by atoms with Crippen molar-refractivity contribution in [3.8, 4) is 0 Å². The van der Waals surface area contributed by atoms with Crippen molar-refractivity contribution in [1.29, 1.82) is 0 Å². The van der Waals surface area contributed by atoms with Gasteiger partial charge in [-0.05, 0) is 51.6 Å². The fraction of sp³-hybridized carbons (Fsp3) is 1.00. The van der Waals surface area contributed by atoms with E-state index in [1.165, 1.54) is 32.1 Å². The van der Waals surface area contributed by atoms with E-state index in [4.69, 9.17) is 5.73 Å². The first kappa shape index (κ1) is 12.9. The highest BCUT2D eigenvalue weighted by Crippen LogP contribution is 2.39. The van der Waals surface area contributed by atoms with Crippen LogP contribution >= 0.6 is 0 Å². The average molecular weight is 253 g/mol. The number of likely N-dealkylation sites (N-methyl/N-ethyl adjacent to an activating group) is 1. The van der Waals surface area contributed by atoms with E-state index >= 15 is 0 Å². The molecule has 3 aliphatic rings. The van der Waals surface area contributed by atoms with Crippen molar-refractivity contribution in [2.75, 3.05) is 33.3 Å². The Morgan fingerprint density at radius 1 is 1.17 bits per heavy atom. The normalized spacial score (nSPS) is 37.5. The van der Waals surface area contributed by atoms with Crippen LogP contribution in [0.3, 0.4) is 0 Å². The van der Waals surface area contributed by atoms with Crippen molar-refractivity contribution < 1.29 is 5.11 Å². The van der Waals surface area contributed by atoms with Crippen LogP contribution in [0, 0.1) is 5.92 Å². The number of nitrogens with zero attached hydrogens (tertiary/aromatic N) is 2. The zero-order valence-electron chi connectivity index (χ0n) is 11.5. The lowest BCUT2D eigenvalue weighted by atomic mass is 9.94. The van der Waals surface area contributed by atoms with Crippen molar-refractivity contribution in [2.45, 2.75) is 49.7 Å². The molecule has 18 heavy (non-hydrogen) atoms. The van der Waals surface area contributed by atoms with E-state index in [-0.39, 0.29) is 12.1 Å². The number of aliphatic hydroxyl groups is 1. The lowest BCUT2D eigenvalue weighted by molar-refractivity contribution is 0.114. The average Bonchev–Trinajstić information content (AvgIpc) is 3.13. The molecule has 0 aromatic carbocycles. The summed E-state index contributed by atoms with van der Waals surface area (Å²) in [4.78, 5) is 5.07. The molecule has 0 aromatic heterocycles. The highest BCUT2D eigenvalue weighted by molar-refractivity contribution is 5.02. The van der Waals surface area contributed by atoms with Gasteiger partial charge in [0.2, 0.25) is 0 Å². The summed E-state index contributed by atoms with van der Waals surface area (Å²) in [5.74, 6) is 0.556. The fourth-order valence-electron chi connectivity index (χ4n) is 3.91. The molecule has 2 bridgehead atoms. The van der Waals surface area contributed by atoms with Gasteiger partial charge in [0.05, 0.1) is 12.1 Å². The second kappa shape index (κ2) is 4.75. The zero-order chi connectivity index (χ0) is 12.8. The summed E-state index contributed by atoms with van der Waals surface area (Å²) in [6, 6.07) is 1.49. The first-order valence-electron chi connectivity index (χ1n) is 7.46. The monoisotopic (exact) mass is 253 g/mol. The molecule has 2 aliphatic heterocycles. The van der Waals surface area contributed by atoms with E-state index in [0.29, 0.717) is 12.0 Å². The molecular formula is C14H27N3O. The van der Waals surface area contributed by atoms with Crippen LogP contribution < -0.4 is 5.73 Å². The molecule has 0 spiro atoms. The largest absolute Gasteiger partial charge is 0.394 e. The molecule has 4 heteroatoms. The van der Waals surface area contributed by atoms with Gasteiger partial charge in [-0.3, -0.25) is 9.80 Å². The molecule has 2 heterocycles. The first-order valence-corrected chi connectivity index (χ1v) is 7.46. The van der Waals surface area contributed by atoms with E-state index in [1.807, 2.05) is 0 Å². The number of hydrogen-bond acceptors (Lipinski definition) is 4. The van der Waals surface area contributed by atoms with Crippen LogP contribution in [0.2, 0.25) is 0 Å². The molecule has 0 radical (unpaired) electrons. The third kappa shape index (κ3) is 2.31. The Hall–Kier alpha value is -0.160. The van der Waals surface area contributed by atoms with Crippen molar-refractivity contribution in [2.24, 2.45) is 11.7 Å². The maximum atomic E-state index is 9.62. The quantitative estimate of drug-likeness (QED) is 0.754. The molecule has 3 fully saturated rings. The number of fused-ring (bicyclic) bond motifs is 2. The summed E-state index contributed by atoms with van der Waals surface area (Å²) in [5, 5.41) is 9.62. The molecule has 3 unspecified atom stereocenters. The van der Waals surface area contributed by atoms with Crippen LogP contribution in [0.25, 0.3) is 0 Å². The van der Waals surface area contributed by atoms with Gasteiger partial charge in [-0.2, -0.15) is 0 Å². The number of likely N-dealkylation sites (tertiary alicyclic amines) is 1. The number of aliphatic hydroxyl groups excluding tert-OH is 1. The third-order valence-corrected chi connectivity index (χ3v) is 5.44. The smallest absolute Gasteiger partial charge is 0.0626 e. The highest BCUT2D eigenvalue weighted by atomic mass is 16.3. The van der Waals surface area contributed by atoms with Crippen LogP contribution in [-0.2, 0) is 0 Å². The topological polar surface area (TPSA) is 52.7 Å². The van der Waals surface area contributed by atoms with Crippen molar-refractivity contribution in [3.05, 3.63) is 0 Å². The second-order valence-corrected chi connectivity index (χ2v) is 6.74. The van der Waals surface area contributed by atoms with Crippen molar-refractivity contribution >= 4 is 0 Å². The minimum atomic E-state index is -0.345. The first-order chi connectivity index (χ1) is 8.62. The molecule has 3 atom stereocenters. The molecule has 1 aliphatic carbocycles. The standard InChI is InChI=1S/C14H27N3O/c1-16-12-4-5-13(16)8-17(7-6-12)9-14(15,10-18)11-2-3-11/h11-13,18H,2-10,15H2,1H3. The Morgan fingerprint density at radius 3 is 2.56 bits per heavy atom.